The zero-order valence-electron chi connectivity index (χ0n) is 19.5. The van der Waals surface area contributed by atoms with E-state index in [0.717, 1.165) is 10.6 Å². The maximum Gasteiger partial charge on any atom is 0.282 e. The first-order valence-electron chi connectivity index (χ1n) is 10.9. The molecule has 34 heavy (non-hydrogen) atoms. The van der Waals surface area contributed by atoms with Crippen LogP contribution in [0.15, 0.2) is 78.5 Å². The van der Waals surface area contributed by atoms with E-state index in [9.17, 15) is 14.0 Å². The van der Waals surface area contributed by atoms with Gasteiger partial charge in [0, 0.05) is 25.5 Å². The molecule has 3 aromatic rings. The molecule has 0 radical (unpaired) electrons. The van der Waals surface area contributed by atoms with Crippen molar-refractivity contribution in [3.63, 3.8) is 0 Å². The second-order valence-electron chi connectivity index (χ2n) is 8.43. The van der Waals surface area contributed by atoms with Crippen LogP contribution in [0.4, 0.5) is 21.5 Å². The summed E-state index contributed by atoms with van der Waals surface area (Å²) in [6, 6.07) is 19.8. The van der Waals surface area contributed by atoms with E-state index >= 15 is 0 Å². The molecule has 0 fully saturated rings. The van der Waals surface area contributed by atoms with Gasteiger partial charge in [-0.2, -0.15) is 0 Å². The summed E-state index contributed by atoms with van der Waals surface area (Å²) < 4.78 is 19.2. The number of hydrogen-bond acceptors (Lipinski definition) is 5. The van der Waals surface area contributed by atoms with Crippen molar-refractivity contribution in [1.29, 1.82) is 0 Å². The molecule has 4 rings (SSSR count). The van der Waals surface area contributed by atoms with Crippen molar-refractivity contribution in [2.24, 2.45) is 0 Å². The third-order valence-electron chi connectivity index (χ3n) is 5.34. The summed E-state index contributed by atoms with van der Waals surface area (Å²) in [5.74, 6) is -0.753. The Labute approximate surface area is 198 Å². The minimum Gasteiger partial charge on any atom is -0.491 e. The summed E-state index contributed by atoms with van der Waals surface area (Å²) in [5, 5.41) is 3.12. The molecule has 1 N–H and O–H groups in total. The van der Waals surface area contributed by atoms with Gasteiger partial charge in [-0.25, -0.2) is 9.29 Å². The lowest BCUT2D eigenvalue weighted by molar-refractivity contribution is -0.120. The first-order chi connectivity index (χ1) is 16.2. The number of rotatable bonds is 7. The monoisotopic (exact) mass is 459 g/mol. The Morgan fingerprint density at radius 3 is 2.03 bits per heavy atom. The third kappa shape index (κ3) is 4.64. The Kier molecular flexibility index (Phi) is 6.36. The topological polar surface area (TPSA) is 61.9 Å². The average Bonchev–Trinajstić information content (AvgIpc) is 3.04. The first-order valence-corrected chi connectivity index (χ1v) is 10.9. The summed E-state index contributed by atoms with van der Waals surface area (Å²) >= 11 is 0. The number of nitrogens with one attached hydrogen (secondary N) is 1. The van der Waals surface area contributed by atoms with Crippen LogP contribution >= 0.6 is 0 Å². The van der Waals surface area contributed by atoms with Crippen LogP contribution in [-0.2, 0) is 9.59 Å². The Bertz CT molecular complexity index is 1230. The van der Waals surface area contributed by atoms with E-state index in [4.69, 9.17) is 4.74 Å². The highest BCUT2D eigenvalue weighted by Crippen LogP contribution is 2.34. The van der Waals surface area contributed by atoms with E-state index in [1.807, 2.05) is 57.1 Å². The van der Waals surface area contributed by atoms with E-state index in [0.29, 0.717) is 22.7 Å². The first kappa shape index (κ1) is 23.0. The molecule has 174 valence electrons. The standard InChI is InChI=1S/C27H26FN3O3/c1-17(2)34-23-15-13-22(14-16-23)31-26(32)24(18-5-7-19(28)8-6-18)25(27(31)33)29-20-9-11-21(12-10-20)30(3)4/h5-17,29H,1-4H3. The number of ether oxygens (including phenoxy) is 1. The molecule has 0 spiro atoms. The van der Waals surface area contributed by atoms with Crippen LogP contribution in [0.3, 0.4) is 0 Å². The minimum absolute atomic E-state index is 0.00216. The van der Waals surface area contributed by atoms with E-state index in [1.165, 1.54) is 24.3 Å². The number of nitrogens with zero attached hydrogens (tertiary/aromatic N) is 2. The fourth-order valence-corrected chi connectivity index (χ4v) is 3.70. The molecule has 1 heterocycles. The number of hydrogen-bond donors (Lipinski definition) is 1. The summed E-state index contributed by atoms with van der Waals surface area (Å²) in [6.07, 6.45) is 0.00216. The number of halogens is 1. The third-order valence-corrected chi connectivity index (χ3v) is 5.34. The summed E-state index contributed by atoms with van der Waals surface area (Å²) in [4.78, 5) is 30.0. The van der Waals surface area contributed by atoms with Crippen LogP contribution in [0, 0.1) is 5.82 Å². The number of carbonyl (C=O) groups excluding carboxylic acids is 2. The molecule has 0 aliphatic carbocycles. The van der Waals surface area contributed by atoms with Gasteiger partial charge in [-0.3, -0.25) is 9.59 Å². The van der Waals surface area contributed by atoms with E-state index in [1.54, 1.807) is 24.3 Å². The second-order valence-corrected chi connectivity index (χ2v) is 8.43. The quantitative estimate of drug-likeness (QED) is 0.500. The van der Waals surface area contributed by atoms with Crippen LogP contribution in [0.2, 0.25) is 0 Å². The lowest BCUT2D eigenvalue weighted by atomic mass is 10.0. The fraction of sp³-hybridized carbons (Fsp3) is 0.185. The van der Waals surface area contributed by atoms with E-state index in [-0.39, 0.29) is 17.4 Å². The Morgan fingerprint density at radius 2 is 1.47 bits per heavy atom. The largest absolute Gasteiger partial charge is 0.491 e. The Morgan fingerprint density at radius 1 is 0.853 bits per heavy atom. The fourth-order valence-electron chi connectivity index (χ4n) is 3.70. The van der Waals surface area contributed by atoms with Crippen molar-refractivity contribution in [3.8, 4) is 5.75 Å². The van der Waals surface area contributed by atoms with Crippen molar-refractivity contribution in [1.82, 2.24) is 0 Å². The minimum atomic E-state index is -0.487. The number of carbonyl (C=O) groups is 2. The highest BCUT2D eigenvalue weighted by atomic mass is 19.1. The van der Waals surface area contributed by atoms with E-state index in [2.05, 4.69) is 5.32 Å². The van der Waals surface area contributed by atoms with E-state index < -0.39 is 17.6 Å². The number of amides is 2. The molecule has 7 heteroatoms. The van der Waals surface area contributed by atoms with Gasteiger partial charge in [0.15, 0.2) is 0 Å². The molecular formula is C27H26FN3O3. The second kappa shape index (κ2) is 9.39. The highest BCUT2D eigenvalue weighted by molar-refractivity contribution is 6.46. The van der Waals surface area contributed by atoms with Crippen molar-refractivity contribution < 1.29 is 18.7 Å². The molecule has 1 aliphatic heterocycles. The van der Waals surface area contributed by atoms with Gasteiger partial charge in [0.2, 0.25) is 0 Å². The smallest absolute Gasteiger partial charge is 0.282 e. The van der Waals surface area contributed by atoms with Gasteiger partial charge in [0.1, 0.15) is 17.3 Å². The molecule has 0 saturated heterocycles. The maximum atomic E-state index is 13.6. The molecule has 6 nitrogen and oxygen atoms in total. The van der Waals surface area contributed by atoms with Crippen LogP contribution in [0.25, 0.3) is 5.57 Å². The van der Waals surface area contributed by atoms with Crippen LogP contribution in [0.5, 0.6) is 5.75 Å². The Hall–Kier alpha value is -4.13. The predicted molar refractivity (Wildman–Crippen MR) is 132 cm³/mol. The van der Waals surface area contributed by atoms with Crippen LogP contribution < -0.4 is 19.9 Å². The zero-order chi connectivity index (χ0) is 24.4. The zero-order valence-corrected chi connectivity index (χ0v) is 19.5. The van der Waals surface area contributed by atoms with Gasteiger partial charge in [-0.05, 0) is 80.1 Å². The van der Waals surface area contributed by atoms with Gasteiger partial charge >= 0.3 is 0 Å². The maximum absolute atomic E-state index is 13.6. The summed E-state index contributed by atoms with van der Waals surface area (Å²) in [6.45, 7) is 3.84. The number of imide groups is 1. The molecule has 3 aromatic carbocycles. The molecule has 2 amide bonds. The van der Waals surface area contributed by atoms with Gasteiger partial charge in [-0.1, -0.05) is 12.1 Å². The summed E-state index contributed by atoms with van der Waals surface area (Å²) in [5.41, 5.74) is 2.85. The Balaban J connectivity index is 1.72. The molecule has 0 aromatic heterocycles. The average molecular weight is 460 g/mol. The highest BCUT2D eigenvalue weighted by Gasteiger charge is 2.40. The molecular weight excluding hydrogens is 433 g/mol. The van der Waals surface area contributed by atoms with Gasteiger partial charge in [0.25, 0.3) is 11.8 Å². The normalized spacial score (nSPS) is 13.6. The number of benzene rings is 3. The van der Waals surface area contributed by atoms with Gasteiger partial charge in [-0.15, -0.1) is 0 Å². The molecule has 0 bridgehead atoms. The van der Waals surface area contributed by atoms with Crippen molar-refractivity contribution >= 4 is 34.4 Å². The molecule has 1 aliphatic rings. The molecule has 0 unspecified atom stereocenters. The van der Waals surface area contributed by atoms with Crippen molar-refractivity contribution in [2.75, 3.05) is 29.2 Å². The molecule has 0 atom stereocenters. The lowest BCUT2D eigenvalue weighted by Crippen LogP contribution is -2.32. The SMILES string of the molecule is CC(C)Oc1ccc(N2C(=O)C(Nc3ccc(N(C)C)cc3)=C(c3ccc(F)cc3)C2=O)cc1. The van der Waals surface area contributed by atoms with Gasteiger partial charge in [0.05, 0.1) is 17.4 Å². The lowest BCUT2D eigenvalue weighted by Gasteiger charge is -2.17. The summed E-state index contributed by atoms with van der Waals surface area (Å²) in [7, 11) is 3.87. The van der Waals surface area contributed by atoms with Gasteiger partial charge < -0.3 is 15.0 Å². The molecule has 0 saturated carbocycles. The number of anilines is 3. The van der Waals surface area contributed by atoms with Crippen LogP contribution in [-0.4, -0.2) is 32.0 Å². The van der Waals surface area contributed by atoms with Crippen LogP contribution in [0.1, 0.15) is 19.4 Å². The van der Waals surface area contributed by atoms with Crippen molar-refractivity contribution in [3.05, 3.63) is 89.9 Å². The van der Waals surface area contributed by atoms with Crippen molar-refractivity contribution in [2.45, 2.75) is 20.0 Å². The predicted octanol–water partition coefficient (Wildman–Crippen LogP) is 5.08.